The number of aliphatic hydroxyl groups excluding tert-OH is 1. The second-order valence-corrected chi connectivity index (χ2v) is 4.98. The maximum Gasteiger partial charge on any atom is 0.213 e. The van der Waals surface area contributed by atoms with Crippen LogP contribution in [0.4, 0.5) is 0 Å². The summed E-state index contributed by atoms with van der Waals surface area (Å²) >= 11 is 0. The molecule has 0 aliphatic heterocycles. The molecule has 17 heavy (non-hydrogen) atoms. The van der Waals surface area contributed by atoms with E-state index in [-0.39, 0.29) is 5.54 Å². The van der Waals surface area contributed by atoms with Crippen LogP contribution >= 0.6 is 0 Å². The van der Waals surface area contributed by atoms with Gasteiger partial charge in [-0.15, -0.1) is 0 Å². The summed E-state index contributed by atoms with van der Waals surface area (Å²) < 4.78 is 5.30. The third-order valence-electron chi connectivity index (χ3n) is 2.20. The molecule has 1 rings (SSSR count). The van der Waals surface area contributed by atoms with E-state index in [0.717, 1.165) is 0 Å². The lowest BCUT2D eigenvalue weighted by Crippen LogP contribution is -2.38. The molecule has 0 aliphatic carbocycles. The second kappa shape index (κ2) is 5.98. The lowest BCUT2D eigenvalue weighted by molar-refractivity contribution is 0.157. The molecule has 2 N–H and O–H groups in total. The van der Waals surface area contributed by atoms with Crippen molar-refractivity contribution >= 4 is 0 Å². The highest BCUT2D eigenvalue weighted by Crippen LogP contribution is 2.14. The van der Waals surface area contributed by atoms with E-state index in [1.54, 1.807) is 12.1 Å². The maximum absolute atomic E-state index is 10.00. The number of pyridine rings is 1. The Hall–Kier alpha value is -1.13. The topological polar surface area (TPSA) is 54.4 Å². The molecule has 0 aliphatic rings. The van der Waals surface area contributed by atoms with Crippen molar-refractivity contribution < 1.29 is 9.84 Å². The van der Waals surface area contributed by atoms with Crippen LogP contribution < -0.4 is 10.1 Å². The van der Waals surface area contributed by atoms with Crippen LogP contribution in [0.15, 0.2) is 18.2 Å². The zero-order valence-corrected chi connectivity index (χ0v) is 11.0. The van der Waals surface area contributed by atoms with Gasteiger partial charge in [0, 0.05) is 18.2 Å². The average Bonchev–Trinajstić information content (AvgIpc) is 2.26. The SMILES string of the molecule is CCOc1cccc([C@H](O)CNC(C)(C)C)n1. The molecule has 0 bridgehead atoms. The lowest BCUT2D eigenvalue weighted by atomic mass is 10.1. The number of rotatable bonds is 5. The van der Waals surface area contributed by atoms with E-state index < -0.39 is 6.10 Å². The molecular formula is C13H22N2O2. The molecule has 0 amide bonds. The van der Waals surface area contributed by atoms with Gasteiger partial charge in [0.05, 0.1) is 12.3 Å². The highest BCUT2D eigenvalue weighted by molar-refractivity contribution is 5.17. The Morgan fingerprint density at radius 2 is 2.12 bits per heavy atom. The second-order valence-electron chi connectivity index (χ2n) is 4.98. The minimum absolute atomic E-state index is 0.0154. The predicted octanol–water partition coefficient (Wildman–Crippen LogP) is 1.90. The van der Waals surface area contributed by atoms with Crippen molar-refractivity contribution in [3.05, 3.63) is 23.9 Å². The smallest absolute Gasteiger partial charge is 0.213 e. The first-order valence-electron chi connectivity index (χ1n) is 5.95. The van der Waals surface area contributed by atoms with Crippen LogP contribution in [-0.4, -0.2) is 28.8 Å². The predicted molar refractivity (Wildman–Crippen MR) is 68.1 cm³/mol. The summed E-state index contributed by atoms with van der Waals surface area (Å²) in [4.78, 5) is 4.25. The van der Waals surface area contributed by atoms with E-state index >= 15 is 0 Å². The minimum Gasteiger partial charge on any atom is -0.478 e. The fourth-order valence-corrected chi connectivity index (χ4v) is 1.35. The molecule has 1 heterocycles. The van der Waals surface area contributed by atoms with Gasteiger partial charge in [-0.05, 0) is 33.8 Å². The maximum atomic E-state index is 10.00. The number of β-amino-alcohol motifs (C(OH)–C–C–N with tert-alkyl or cyclic N) is 1. The highest BCUT2D eigenvalue weighted by atomic mass is 16.5. The van der Waals surface area contributed by atoms with Gasteiger partial charge in [-0.3, -0.25) is 0 Å². The molecule has 0 saturated heterocycles. The molecule has 0 saturated carbocycles. The quantitative estimate of drug-likeness (QED) is 0.822. The van der Waals surface area contributed by atoms with Gasteiger partial charge in [0.25, 0.3) is 0 Å². The van der Waals surface area contributed by atoms with Crippen LogP contribution in [0.1, 0.15) is 39.5 Å². The fourth-order valence-electron chi connectivity index (χ4n) is 1.35. The number of hydrogen-bond donors (Lipinski definition) is 2. The summed E-state index contributed by atoms with van der Waals surface area (Å²) in [6, 6.07) is 5.43. The van der Waals surface area contributed by atoms with Crippen LogP contribution in [0.2, 0.25) is 0 Å². The first-order valence-corrected chi connectivity index (χ1v) is 5.95. The third-order valence-corrected chi connectivity index (χ3v) is 2.20. The van der Waals surface area contributed by atoms with Gasteiger partial charge in [-0.2, -0.15) is 0 Å². The van der Waals surface area contributed by atoms with Crippen LogP contribution in [0.3, 0.4) is 0 Å². The number of nitrogens with one attached hydrogen (secondary N) is 1. The van der Waals surface area contributed by atoms with Crippen molar-refractivity contribution in [2.24, 2.45) is 0 Å². The standard InChI is InChI=1S/C13H22N2O2/c1-5-17-12-8-6-7-10(15-12)11(16)9-14-13(2,3)4/h6-8,11,14,16H,5,9H2,1-4H3/t11-/m1/s1. The Balaban J connectivity index is 2.62. The van der Waals surface area contributed by atoms with Crippen molar-refractivity contribution in [2.45, 2.75) is 39.3 Å². The normalized spacial score (nSPS) is 13.5. The Labute approximate surface area is 103 Å². The van der Waals surface area contributed by atoms with Crippen LogP contribution in [-0.2, 0) is 0 Å². The third kappa shape index (κ3) is 5.15. The highest BCUT2D eigenvalue weighted by Gasteiger charge is 2.14. The number of nitrogens with zero attached hydrogens (tertiary/aromatic N) is 1. The molecule has 4 nitrogen and oxygen atoms in total. The van der Waals surface area contributed by atoms with Gasteiger partial charge >= 0.3 is 0 Å². The first-order chi connectivity index (χ1) is 7.92. The van der Waals surface area contributed by atoms with E-state index in [9.17, 15) is 5.11 Å². The van der Waals surface area contributed by atoms with E-state index in [1.807, 2.05) is 13.0 Å². The summed E-state index contributed by atoms with van der Waals surface area (Å²) in [7, 11) is 0. The molecule has 0 unspecified atom stereocenters. The Morgan fingerprint density at radius 1 is 1.41 bits per heavy atom. The molecule has 1 atom stereocenters. The molecule has 96 valence electrons. The molecule has 0 radical (unpaired) electrons. The molecule has 0 spiro atoms. The number of ether oxygens (including phenoxy) is 1. The average molecular weight is 238 g/mol. The molecule has 0 fully saturated rings. The van der Waals surface area contributed by atoms with Gasteiger partial charge in [-0.1, -0.05) is 6.07 Å². The minimum atomic E-state index is -0.616. The Bertz CT molecular complexity index is 348. The van der Waals surface area contributed by atoms with E-state index in [0.29, 0.717) is 24.7 Å². The number of aromatic nitrogens is 1. The summed E-state index contributed by atoms with van der Waals surface area (Å²) in [5.74, 6) is 0.555. The Kier molecular flexibility index (Phi) is 4.90. The zero-order valence-electron chi connectivity index (χ0n) is 11.0. The summed E-state index contributed by atoms with van der Waals surface area (Å²) in [6.07, 6.45) is -0.616. The fraction of sp³-hybridized carbons (Fsp3) is 0.615. The summed E-state index contributed by atoms with van der Waals surface area (Å²) in [5.41, 5.74) is 0.617. The van der Waals surface area contributed by atoms with Crippen LogP contribution in [0, 0.1) is 0 Å². The first kappa shape index (κ1) is 13.9. The molecular weight excluding hydrogens is 216 g/mol. The van der Waals surface area contributed by atoms with Gasteiger partial charge in [0.15, 0.2) is 0 Å². The van der Waals surface area contributed by atoms with Gasteiger partial charge in [0.2, 0.25) is 5.88 Å². The number of hydrogen-bond acceptors (Lipinski definition) is 4. The van der Waals surface area contributed by atoms with E-state index in [2.05, 4.69) is 31.1 Å². The molecule has 1 aromatic rings. The summed E-state index contributed by atoms with van der Waals surface area (Å²) in [5, 5.41) is 13.2. The molecule has 4 heteroatoms. The van der Waals surface area contributed by atoms with Crippen molar-refractivity contribution in [3.8, 4) is 5.88 Å². The van der Waals surface area contributed by atoms with Crippen molar-refractivity contribution in [3.63, 3.8) is 0 Å². The molecule has 1 aromatic heterocycles. The van der Waals surface area contributed by atoms with E-state index in [4.69, 9.17) is 4.74 Å². The zero-order chi connectivity index (χ0) is 12.9. The molecule has 0 aromatic carbocycles. The largest absolute Gasteiger partial charge is 0.478 e. The van der Waals surface area contributed by atoms with Gasteiger partial charge < -0.3 is 15.2 Å². The van der Waals surface area contributed by atoms with E-state index in [1.165, 1.54) is 0 Å². The van der Waals surface area contributed by atoms with Crippen molar-refractivity contribution in [2.75, 3.05) is 13.2 Å². The monoisotopic (exact) mass is 238 g/mol. The lowest BCUT2D eigenvalue weighted by Gasteiger charge is -2.22. The Morgan fingerprint density at radius 3 is 2.71 bits per heavy atom. The van der Waals surface area contributed by atoms with Gasteiger partial charge in [-0.25, -0.2) is 4.98 Å². The van der Waals surface area contributed by atoms with Crippen molar-refractivity contribution in [1.29, 1.82) is 0 Å². The van der Waals surface area contributed by atoms with Crippen LogP contribution in [0.25, 0.3) is 0 Å². The van der Waals surface area contributed by atoms with Gasteiger partial charge in [0.1, 0.15) is 6.10 Å². The van der Waals surface area contributed by atoms with Crippen molar-refractivity contribution in [1.82, 2.24) is 10.3 Å². The number of aliphatic hydroxyl groups is 1. The van der Waals surface area contributed by atoms with Crippen LogP contribution in [0.5, 0.6) is 5.88 Å². The summed E-state index contributed by atoms with van der Waals surface area (Å²) in [6.45, 7) is 9.14.